The summed E-state index contributed by atoms with van der Waals surface area (Å²) in [6, 6.07) is 11.6. The Morgan fingerprint density at radius 2 is 1.96 bits per heavy atom. The summed E-state index contributed by atoms with van der Waals surface area (Å²) in [5.41, 5.74) is 0.320. The predicted molar refractivity (Wildman–Crippen MR) is 99.2 cm³/mol. The Labute approximate surface area is 157 Å². The molecule has 27 heavy (non-hydrogen) atoms. The summed E-state index contributed by atoms with van der Waals surface area (Å²) in [7, 11) is 0. The van der Waals surface area contributed by atoms with E-state index in [1.807, 2.05) is 13.0 Å². The Bertz CT molecular complexity index is 859. The lowest BCUT2D eigenvalue weighted by Gasteiger charge is -2.18. The van der Waals surface area contributed by atoms with Crippen LogP contribution >= 0.6 is 0 Å². The Hall–Kier alpha value is -2.96. The van der Waals surface area contributed by atoms with Gasteiger partial charge in [-0.3, -0.25) is 9.59 Å². The van der Waals surface area contributed by atoms with E-state index >= 15 is 0 Å². The fraction of sp³-hybridized carbons (Fsp3) is 0.400. The maximum absolute atomic E-state index is 12.6. The van der Waals surface area contributed by atoms with Gasteiger partial charge in [0.25, 0.3) is 11.5 Å². The minimum atomic E-state index is -1.06. The molecule has 0 radical (unpaired) electrons. The summed E-state index contributed by atoms with van der Waals surface area (Å²) >= 11 is 0. The van der Waals surface area contributed by atoms with E-state index in [-0.39, 0.29) is 23.2 Å². The zero-order valence-corrected chi connectivity index (χ0v) is 15.3. The van der Waals surface area contributed by atoms with Crippen LogP contribution in [0.25, 0.3) is 0 Å². The van der Waals surface area contributed by atoms with Gasteiger partial charge in [-0.15, -0.1) is 0 Å². The SMILES string of the molecule is CCCCn1nc(C(=O)OC(C(=O)NC2CC2)c2ccccc2)ccc1=O. The first-order valence-electron chi connectivity index (χ1n) is 9.23. The fourth-order valence-electron chi connectivity index (χ4n) is 2.60. The number of rotatable bonds is 8. The molecule has 0 saturated heterocycles. The number of hydrogen-bond acceptors (Lipinski definition) is 5. The van der Waals surface area contributed by atoms with Crippen molar-refractivity contribution in [2.45, 2.75) is 51.3 Å². The molecule has 0 aliphatic heterocycles. The highest BCUT2D eigenvalue weighted by Gasteiger charge is 2.31. The molecular weight excluding hydrogens is 346 g/mol. The average molecular weight is 369 g/mol. The molecule has 1 unspecified atom stereocenters. The van der Waals surface area contributed by atoms with E-state index in [2.05, 4.69) is 10.4 Å². The van der Waals surface area contributed by atoms with Crippen molar-refractivity contribution >= 4 is 11.9 Å². The summed E-state index contributed by atoms with van der Waals surface area (Å²) in [6.07, 6.45) is 2.50. The van der Waals surface area contributed by atoms with Gasteiger partial charge in [0.1, 0.15) is 0 Å². The van der Waals surface area contributed by atoms with Gasteiger partial charge in [-0.25, -0.2) is 9.48 Å². The number of ether oxygens (including phenoxy) is 1. The Balaban J connectivity index is 1.79. The molecule has 7 heteroatoms. The van der Waals surface area contributed by atoms with Gasteiger partial charge in [-0.1, -0.05) is 43.7 Å². The van der Waals surface area contributed by atoms with Gasteiger partial charge in [-0.2, -0.15) is 5.10 Å². The van der Waals surface area contributed by atoms with Crippen LogP contribution in [0.1, 0.15) is 54.8 Å². The summed E-state index contributed by atoms with van der Waals surface area (Å²) in [6.45, 7) is 2.44. The highest BCUT2D eigenvalue weighted by atomic mass is 16.5. The number of nitrogens with zero attached hydrogens (tertiary/aromatic N) is 2. The second-order valence-corrected chi connectivity index (χ2v) is 6.61. The van der Waals surface area contributed by atoms with Crippen LogP contribution in [0, 0.1) is 0 Å². The summed E-state index contributed by atoms with van der Waals surface area (Å²) in [5, 5.41) is 6.95. The number of esters is 1. The zero-order chi connectivity index (χ0) is 19.2. The number of amides is 1. The number of unbranched alkanes of at least 4 members (excludes halogenated alkanes) is 1. The molecule has 0 spiro atoms. The Kier molecular flexibility index (Phi) is 6.01. The minimum Gasteiger partial charge on any atom is -0.443 e. The highest BCUT2D eigenvalue weighted by molar-refractivity contribution is 5.91. The lowest BCUT2D eigenvalue weighted by molar-refractivity contribution is -0.130. The molecular formula is C20H23N3O4. The van der Waals surface area contributed by atoms with Crippen LogP contribution in [0.15, 0.2) is 47.3 Å². The van der Waals surface area contributed by atoms with Crippen molar-refractivity contribution in [1.82, 2.24) is 15.1 Å². The number of aryl methyl sites for hydroxylation is 1. The highest BCUT2D eigenvalue weighted by Crippen LogP contribution is 2.23. The number of benzene rings is 1. The normalized spacial score (nSPS) is 14.4. The standard InChI is InChI=1S/C20H23N3O4/c1-2-3-13-23-17(24)12-11-16(22-23)20(26)27-18(14-7-5-4-6-8-14)19(25)21-15-9-10-15/h4-8,11-12,15,18H,2-3,9-10,13H2,1H3,(H,21,25). The molecule has 142 valence electrons. The maximum atomic E-state index is 12.6. The molecule has 1 atom stereocenters. The van der Waals surface area contributed by atoms with Crippen molar-refractivity contribution in [1.29, 1.82) is 0 Å². The monoisotopic (exact) mass is 369 g/mol. The summed E-state index contributed by atoms with van der Waals surface area (Å²) in [4.78, 5) is 37.0. The van der Waals surface area contributed by atoms with Crippen LogP contribution in [0.3, 0.4) is 0 Å². The van der Waals surface area contributed by atoms with Crippen LogP contribution in [-0.2, 0) is 16.1 Å². The lowest BCUT2D eigenvalue weighted by Crippen LogP contribution is -2.34. The molecule has 0 bridgehead atoms. The van der Waals surface area contributed by atoms with Crippen LogP contribution in [0.2, 0.25) is 0 Å². The van der Waals surface area contributed by atoms with Crippen molar-refractivity contribution in [2.24, 2.45) is 0 Å². The van der Waals surface area contributed by atoms with Crippen molar-refractivity contribution < 1.29 is 14.3 Å². The van der Waals surface area contributed by atoms with Gasteiger partial charge < -0.3 is 10.1 Å². The minimum absolute atomic E-state index is 0.00542. The van der Waals surface area contributed by atoms with Gasteiger partial charge in [0.2, 0.25) is 6.10 Å². The molecule has 1 aromatic carbocycles. The fourth-order valence-corrected chi connectivity index (χ4v) is 2.60. The van der Waals surface area contributed by atoms with E-state index in [1.165, 1.54) is 16.8 Å². The van der Waals surface area contributed by atoms with E-state index in [9.17, 15) is 14.4 Å². The molecule has 1 aromatic heterocycles. The third kappa shape index (κ3) is 5.03. The number of carbonyl (C=O) groups is 2. The molecule has 2 aromatic rings. The second-order valence-electron chi connectivity index (χ2n) is 6.61. The third-order valence-electron chi connectivity index (χ3n) is 4.29. The first kappa shape index (κ1) is 18.8. The molecule has 1 amide bonds. The third-order valence-corrected chi connectivity index (χ3v) is 4.29. The van der Waals surface area contributed by atoms with Gasteiger partial charge in [-0.05, 0) is 25.3 Å². The van der Waals surface area contributed by atoms with E-state index in [4.69, 9.17) is 4.74 Å². The molecule has 1 fully saturated rings. The van der Waals surface area contributed by atoms with Crippen molar-refractivity contribution in [3.8, 4) is 0 Å². The first-order valence-corrected chi connectivity index (χ1v) is 9.23. The van der Waals surface area contributed by atoms with Crippen LogP contribution < -0.4 is 10.9 Å². The topological polar surface area (TPSA) is 90.3 Å². The maximum Gasteiger partial charge on any atom is 0.359 e. The number of carbonyl (C=O) groups excluding carboxylic acids is 2. The van der Waals surface area contributed by atoms with Gasteiger partial charge >= 0.3 is 5.97 Å². The molecule has 1 heterocycles. The number of nitrogens with one attached hydrogen (secondary N) is 1. The van der Waals surface area contributed by atoms with Gasteiger partial charge in [0.05, 0.1) is 0 Å². The summed E-state index contributed by atoms with van der Waals surface area (Å²) < 4.78 is 6.74. The Morgan fingerprint density at radius 1 is 1.22 bits per heavy atom. The van der Waals surface area contributed by atoms with E-state index < -0.39 is 12.1 Å². The molecule has 3 rings (SSSR count). The molecule has 1 aliphatic carbocycles. The molecule has 1 N–H and O–H groups in total. The van der Waals surface area contributed by atoms with Gasteiger partial charge in [0, 0.05) is 24.2 Å². The molecule has 7 nitrogen and oxygen atoms in total. The number of hydrogen-bond donors (Lipinski definition) is 1. The zero-order valence-electron chi connectivity index (χ0n) is 15.3. The van der Waals surface area contributed by atoms with Gasteiger partial charge in [0.15, 0.2) is 5.69 Å². The lowest BCUT2D eigenvalue weighted by atomic mass is 10.1. The smallest absolute Gasteiger partial charge is 0.359 e. The number of aromatic nitrogens is 2. The van der Waals surface area contributed by atoms with E-state index in [0.29, 0.717) is 12.1 Å². The van der Waals surface area contributed by atoms with Crippen LogP contribution in [0.5, 0.6) is 0 Å². The van der Waals surface area contributed by atoms with E-state index in [1.54, 1.807) is 24.3 Å². The first-order chi connectivity index (χ1) is 13.1. The largest absolute Gasteiger partial charge is 0.443 e. The molecule has 1 saturated carbocycles. The summed E-state index contributed by atoms with van der Waals surface area (Å²) in [5.74, 6) is -1.09. The second kappa shape index (κ2) is 8.62. The van der Waals surface area contributed by atoms with Crippen LogP contribution in [-0.4, -0.2) is 27.7 Å². The van der Waals surface area contributed by atoms with Crippen molar-refractivity contribution in [3.05, 3.63) is 64.1 Å². The average Bonchev–Trinajstić information content (AvgIpc) is 3.49. The quantitative estimate of drug-likeness (QED) is 0.721. The van der Waals surface area contributed by atoms with Crippen molar-refractivity contribution in [3.63, 3.8) is 0 Å². The Morgan fingerprint density at radius 3 is 2.63 bits per heavy atom. The van der Waals surface area contributed by atoms with E-state index in [0.717, 1.165) is 25.7 Å². The van der Waals surface area contributed by atoms with Crippen LogP contribution in [0.4, 0.5) is 0 Å². The van der Waals surface area contributed by atoms with Crippen molar-refractivity contribution in [2.75, 3.05) is 0 Å². The molecule has 1 aliphatic rings. The predicted octanol–water partition coefficient (Wildman–Crippen LogP) is 2.22.